The number of nitrogens with one attached hydrogen (secondary N) is 2. The molecule has 1 amide bonds. The van der Waals surface area contributed by atoms with Crippen LogP contribution in [0, 0.1) is 0 Å². The average molecular weight is 284 g/mol. The summed E-state index contributed by atoms with van der Waals surface area (Å²) in [6, 6.07) is 3.60. The largest absolute Gasteiger partial charge is 0.330 e. The van der Waals surface area contributed by atoms with E-state index < -0.39 is 0 Å². The predicted octanol–water partition coefficient (Wildman–Crippen LogP) is 1.14. The molecule has 1 aromatic rings. The molecule has 1 fully saturated rings. The van der Waals surface area contributed by atoms with Crippen LogP contribution in [0.3, 0.4) is 0 Å². The number of hydrazine groups is 1. The smallest absolute Gasteiger partial charge is 0.257 e. The van der Waals surface area contributed by atoms with Gasteiger partial charge in [-0.25, -0.2) is 5.01 Å². The zero-order valence-electron chi connectivity index (χ0n) is 8.54. The van der Waals surface area contributed by atoms with Gasteiger partial charge in [0.05, 0.1) is 17.6 Å². The molecule has 1 aliphatic heterocycles. The molecule has 0 bridgehead atoms. The molecular formula is C9H8N4OS3. The minimum atomic E-state index is -0.102. The summed E-state index contributed by atoms with van der Waals surface area (Å²) < 4.78 is 0.477. The van der Waals surface area contributed by atoms with E-state index in [0.29, 0.717) is 15.2 Å². The summed E-state index contributed by atoms with van der Waals surface area (Å²) in [5.41, 5.74) is 3.49. The van der Waals surface area contributed by atoms with Crippen LogP contribution in [0.2, 0.25) is 0 Å². The minimum absolute atomic E-state index is 0.102. The fourth-order valence-electron chi connectivity index (χ4n) is 1.16. The van der Waals surface area contributed by atoms with E-state index in [0.717, 1.165) is 5.69 Å². The summed E-state index contributed by atoms with van der Waals surface area (Å²) in [5.74, 6) is 0.247. The normalized spacial score (nSPS) is 14.9. The van der Waals surface area contributed by atoms with E-state index in [1.54, 1.807) is 18.5 Å². The average Bonchev–Trinajstić information content (AvgIpc) is 2.62. The predicted molar refractivity (Wildman–Crippen MR) is 75.5 cm³/mol. The molecule has 1 saturated heterocycles. The molecule has 5 nitrogen and oxygen atoms in total. The molecular weight excluding hydrogens is 276 g/mol. The number of amides is 1. The topological polar surface area (TPSA) is 57.3 Å². The number of thiocarbonyl (C=S) groups is 2. The molecule has 2 N–H and O–H groups in total. The Bertz CT molecular complexity index is 449. The van der Waals surface area contributed by atoms with Crippen molar-refractivity contribution in [3.8, 4) is 0 Å². The van der Waals surface area contributed by atoms with E-state index in [9.17, 15) is 4.79 Å². The van der Waals surface area contributed by atoms with Gasteiger partial charge >= 0.3 is 0 Å². The van der Waals surface area contributed by atoms with Gasteiger partial charge in [-0.05, 0) is 24.4 Å². The third kappa shape index (κ3) is 3.11. The first kappa shape index (κ1) is 12.2. The SMILES string of the molecule is O=C1CSC(=S)N1NC(=S)Nc1cccnc1. The van der Waals surface area contributed by atoms with E-state index in [1.165, 1.54) is 16.8 Å². The highest BCUT2D eigenvalue weighted by Gasteiger charge is 2.27. The van der Waals surface area contributed by atoms with Crippen molar-refractivity contribution in [2.24, 2.45) is 0 Å². The number of hydrogen-bond donors (Lipinski definition) is 2. The zero-order valence-corrected chi connectivity index (χ0v) is 11.0. The van der Waals surface area contributed by atoms with Gasteiger partial charge < -0.3 is 5.32 Å². The van der Waals surface area contributed by atoms with Crippen molar-refractivity contribution in [2.45, 2.75) is 0 Å². The molecule has 0 unspecified atom stereocenters. The second kappa shape index (κ2) is 5.39. The van der Waals surface area contributed by atoms with Gasteiger partial charge in [-0.1, -0.05) is 24.0 Å². The third-order valence-electron chi connectivity index (χ3n) is 1.88. The van der Waals surface area contributed by atoms with Crippen LogP contribution in [0.15, 0.2) is 24.5 Å². The number of carbonyl (C=O) groups is 1. The zero-order chi connectivity index (χ0) is 12.3. The number of nitrogens with zero attached hydrogens (tertiary/aromatic N) is 2. The summed E-state index contributed by atoms with van der Waals surface area (Å²) in [6.07, 6.45) is 3.30. The van der Waals surface area contributed by atoms with Gasteiger partial charge in [0.2, 0.25) is 0 Å². The van der Waals surface area contributed by atoms with Crippen LogP contribution >= 0.6 is 36.2 Å². The highest BCUT2D eigenvalue weighted by atomic mass is 32.2. The molecule has 0 spiro atoms. The van der Waals surface area contributed by atoms with Gasteiger partial charge in [-0.3, -0.25) is 15.2 Å². The van der Waals surface area contributed by atoms with Gasteiger partial charge in [-0.15, -0.1) is 0 Å². The summed E-state index contributed by atoms with van der Waals surface area (Å²) in [5, 5.41) is 4.48. The van der Waals surface area contributed by atoms with Crippen molar-refractivity contribution in [2.75, 3.05) is 11.1 Å². The number of thioether (sulfide) groups is 1. The van der Waals surface area contributed by atoms with Crippen molar-refractivity contribution in [3.63, 3.8) is 0 Å². The maximum absolute atomic E-state index is 11.4. The quantitative estimate of drug-likeness (QED) is 0.790. The maximum atomic E-state index is 11.4. The first-order chi connectivity index (χ1) is 8.16. The molecule has 0 atom stereocenters. The molecule has 0 aromatic carbocycles. The second-order valence-electron chi connectivity index (χ2n) is 3.09. The first-order valence-corrected chi connectivity index (χ1v) is 6.44. The van der Waals surface area contributed by atoms with Crippen molar-refractivity contribution in [3.05, 3.63) is 24.5 Å². The monoisotopic (exact) mass is 284 g/mol. The van der Waals surface area contributed by atoms with Gasteiger partial charge in [0, 0.05) is 6.20 Å². The second-order valence-corrected chi connectivity index (χ2v) is 5.11. The number of anilines is 1. The van der Waals surface area contributed by atoms with Crippen LogP contribution in [0.1, 0.15) is 0 Å². The van der Waals surface area contributed by atoms with E-state index >= 15 is 0 Å². The van der Waals surface area contributed by atoms with Crippen molar-refractivity contribution >= 4 is 57.2 Å². The highest BCUT2D eigenvalue weighted by Crippen LogP contribution is 2.17. The molecule has 0 aliphatic carbocycles. The van der Waals surface area contributed by atoms with Crippen LogP contribution in [0.5, 0.6) is 0 Å². The lowest BCUT2D eigenvalue weighted by molar-refractivity contribution is -0.125. The van der Waals surface area contributed by atoms with E-state index in [-0.39, 0.29) is 5.91 Å². The summed E-state index contributed by atoms with van der Waals surface area (Å²) in [6.45, 7) is 0. The number of pyridine rings is 1. The summed E-state index contributed by atoms with van der Waals surface area (Å²) in [7, 11) is 0. The molecule has 8 heteroatoms. The Morgan fingerprint density at radius 1 is 1.59 bits per heavy atom. The molecule has 1 aliphatic rings. The first-order valence-electron chi connectivity index (χ1n) is 4.64. The van der Waals surface area contributed by atoms with Gasteiger partial charge in [0.1, 0.15) is 0 Å². The molecule has 0 radical (unpaired) electrons. The molecule has 2 heterocycles. The fourth-order valence-corrected chi connectivity index (χ4v) is 2.35. The molecule has 1 aromatic heterocycles. The third-order valence-corrected chi connectivity index (χ3v) is 3.43. The van der Waals surface area contributed by atoms with Crippen LogP contribution in [-0.2, 0) is 4.79 Å². The summed E-state index contributed by atoms with van der Waals surface area (Å²) in [4.78, 5) is 15.4. The lowest BCUT2D eigenvalue weighted by Gasteiger charge is -2.18. The number of aromatic nitrogens is 1. The molecule has 17 heavy (non-hydrogen) atoms. The Kier molecular flexibility index (Phi) is 3.87. The Morgan fingerprint density at radius 3 is 3.00 bits per heavy atom. The Labute approximate surface area is 113 Å². The number of rotatable bonds is 2. The van der Waals surface area contributed by atoms with Gasteiger partial charge in [0.25, 0.3) is 5.91 Å². The summed E-state index contributed by atoms with van der Waals surface area (Å²) >= 11 is 11.4. The fraction of sp³-hybridized carbons (Fsp3) is 0.111. The highest BCUT2D eigenvalue weighted by molar-refractivity contribution is 8.23. The van der Waals surface area contributed by atoms with E-state index in [2.05, 4.69) is 15.7 Å². The lowest BCUT2D eigenvalue weighted by Crippen LogP contribution is -2.46. The van der Waals surface area contributed by atoms with Crippen molar-refractivity contribution in [1.82, 2.24) is 15.4 Å². The minimum Gasteiger partial charge on any atom is -0.330 e. The van der Waals surface area contributed by atoms with E-state index in [4.69, 9.17) is 24.4 Å². The van der Waals surface area contributed by atoms with Crippen LogP contribution in [0.25, 0.3) is 0 Å². The van der Waals surface area contributed by atoms with Crippen molar-refractivity contribution < 1.29 is 4.79 Å². The Balaban J connectivity index is 1.94. The van der Waals surface area contributed by atoms with Gasteiger partial charge in [-0.2, -0.15) is 0 Å². The Hall–Kier alpha value is -1.25. The molecule has 0 saturated carbocycles. The number of carbonyl (C=O) groups excluding carboxylic acids is 1. The van der Waals surface area contributed by atoms with E-state index in [1.807, 2.05) is 6.07 Å². The van der Waals surface area contributed by atoms with Crippen LogP contribution in [0.4, 0.5) is 5.69 Å². The standard InChI is InChI=1S/C9H8N4OS3/c14-7-5-17-9(16)13(7)12-8(15)11-6-2-1-3-10-4-6/h1-4H,5H2,(H2,11,12,15). The lowest BCUT2D eigenvalue weighted by atomic mass is 10.4. The Morgan fingerprint density at radius 2 is 2.41 bits per heavy atom. The van der Waals surface area contributed by atoms with Crippen LogP contribution in [-0.4, -0.2) is 31.1 Å². The molecule has 2 rings (SSSR count). The van der Waals surface area contributed by atoms with Crippen molar-refractivity contribution in [1.29, 1.82) is 0 Å². The van der Waals surface area contributed by atoms with Crippen LogP contribution < -0.4 is 10.7 Å². The number of hydrogen-bond acceptors (Lipinski definition) is 5. The maximum Gasteiger partial charge on any atom is 0.257 e. The molecule has 88 valence electrons. The van der Waals surface area contributed by atoms with Gasteiger partial charge in [0.15, 0.2) is 9.43 Å².